The zero-order chi connectivity index (χ0) is 14.8. The van der Waals surface area contributed by atoms with Gasteiger partial charge in [-0.15, -0.1) is 0 Å². The van der Waals surface area contributed by atoms with Crippen molar-refractivity contribution in [3.63, 3.8) is 0 Å². The van der Waals surface area contributed by atoms with Crippen LogP contribution in [0.25, 0.3) is 0 Å². The van der Waals surface area contributed by atoms with Gasteiger partial charge in [0, 0.05) is 11.2 Å². The predicted molar refractivity (Wildman–Crippen MR) is 74.7 cm³/mol. The largest absolute Gasteiger partial charge is 0.480 e. The number of nitrogens with one attached hydrogen (secondary N) is 1. The van der Waals surface area contributed by atoms with Gasteiger partial charge in [0.15, 0.2) is 0 Å². The molecule has 2 N–H and O–H groups in total. The molecule has 6 heteroatoms. The fraction of sp³-hybridized carbons (Fsp3) is 0.500. The Kier molecular flexibility index (Phi) is 4.28. The average Bonchev–Trinajstić information content (AvgIpc) is 2.38. The smallest absolute Gasteiger partial charge is 0.329 e. The maximum Gasteiger partial charge on any atom is 0.329 e. The molecule has 2 atom stereocenters. The molecule has 0 spiro atoms. The summed E-state index contributed by atoms with van der Waals surface area (Å²) in [7, 11) is 0. The highest BCUT2D eigenvalue weighted by atomic mass is 35.5. The van der Waals surface area contributed by atoms with Crippen molar-refractivity contribution in [2.75, 3.05) is 0 Å². The quantitative estimate of drug-likeness (QED) is 0.898. The van der Waals surface area contributed by atoms with Gasteiger partial charge in [-0.25, -0.2) is 4.79 Å². The number of hydrogen-bond donors (Lipinski definition) is 2. The van der Waals surface area contributed by atoms with Crippen molar-refractivity contribution in [2.45, 2.75) is 38.1 Å². The molecule has 1 heterocycles. The molecule has 1 saturated carbocycles. The third-order valence-corrected chi connectivity index (χ3v) is 3.95. The van der Waals surface area contributed by atoms with Crippen LogP contribution in [0.3, 0.4) is 0 Å². The second kappa shape index (κ2) is 5.79. The van der Waals surface area contributed by atoms with Gasteiger partial charge >= 0.3 is 5.97 Å². The minimum atomic E-state index is -1.20. The zero-order valence-electron chi connectivity index (χ0n) is 11.2. The number of aromatic nitrogens is 1. The van der Waals surface area contributed by atoms with E-state index in [1.807, 2.05) is 6.92 Å². The molecule has 20 heavy (non-hydrogen) atoms. The topological polar surface area (TPSA) is 79.3 Å². The van der Waals surface area contributed by atoms with Crippen LogP contribution < -0.4 is 5.32 Å². The van der Waals surface area contributed by atoms with Gasteiger partial charge in [0.25, 0.3) is 5.91 Å². The third kappa shape index (κ3) is 3.10. The molecule has 5 nitrogen and oxygen atoms in total. The second-order valence-corrected chi connectivity index (χ2v) is 5.84. The van der Waals surface area contributed by atoms with Gasteiger partial charge in [-0.2, -0.15) is 0 Å². The maximum absolute atomic E-state index is 12.2. The summed E-state index contributed by atoms with van der Waals surface area (Å²) in [5.74, 6) is -1.21. The molecule has 0 bridgehead atoms. The SMILES string of the molecule is CC1CCCC(NC(=O)c2cc(Cl)ccn2)(C(=O)O)C1. The molecule has 1 aromatic rings. The normalized spacial score (nSPS) is 26.0. The van der Waals surface area contributed by atoms with Gasteiger partial charge < -0.3 is 10.4 Å². The molecule has 108 valence electrons. The molecule has 1 aliphatic rings. The first-order chi connectivity index (χ1) is 9.43. The summed E-state index contributed by atoms with van der Waals surface area (Å²) in [6.07, 6.45) is 4.08. The Morgan fingerprint density at radius 1 is 1.55 bits per heavy atom. The van der Waals surface area contributed by atoms with Crippen LogP contribution in [-0.4, -0.2) is 27.5 Å². The molecule has 0 radical (unpaired) electrons. The van der Waals surface area contributed by atoms with E-state index < -0.39 is 17.4 Å². The number of hydrogen-bond acceptors (Lipinski definition) is 3. The summed E-state index contributed by atoms with van der Waals surface area (Å²) in [5, 5.41) is 12.5. The molecule has 1 amide bonds. The van der Waals surface area contributed by atoms with E-state index in [-0.39, 0.29) is 11.6 Å². The standard InChI is InChI=1S/C14H17ClN2O3/c1-9-3-2-5-14(8-9,13(19)20)17-12(18)11-7-10(15)4-6-16-11/h4,6-7,9H,2-3,5,8H2,1H3,(H,17,18)(H,19,20). The van der Waals surface area contributed by atoms with E-state index >= 15 is 0 Å². The number of carboxylic acids is 1. The first kappa shape index (κ1) is 14.8. The summed E-state index contributed by atoms with van der Waals surface area (Å²) < 4.78 is 0. The Balaban J connectivity index is 2.20. The molecule has 2 rings (SSSR count). The molecule has 0 saturated heterocycles. The van der Waals surface area contributed by atoms with Gasteiger partial charge in [0.1, 0.15) is 11.2 Å². The number of amides is 1. The van der Waals surface area contributed by atoms with Crippen LogP contribution >= 0.6 is 11.6 Å². The lowest BCUT2D eigenvalue weighted by atomic mass is 9.76. The van der Waals surface area contributed by atoms with Crippen LogP contribution in [0.5, 0.6) is 0 Å². The van der Waals surface area contributed by atoms with Crippen molar-refractivity contribution in [1.29, 1.82) is 0 Å². The summed E-state index contributed by atoms with van der Waals surface area (Å²) in [6.45, 7) is 2.00. The van der Waals surface area contributed by atoms with Crippen LogP contribution in [0.2, 0.25) is 5.02 Å². The molecule has 2 unspecified atom stereocenters. The molecular weight excluding hydrogens is 280 g/mol. The molecule has 0 aliphatic heterocycles. The van der Waals surface area contributed by atoms with E-state index in [9.17, 15) is 14.7 Å². The fourth-order valence-electron chi connectivity index (χ4n) is 2.72. The Morgan fingerprint density at radius 3 is 2.90 bits per heavy atom. The Hall–Kier alpha value is -1.62. The van der Waals surface area contributed by atoms with E-state index in [1.54, 1.807) is 6.07 Å². The van der Waals surface area contributed by atoms with Crippen molar-refractivity contribution in [1.82, 2.24) is 10.3 Å². The fourth-order valence-corrected chi connectivity index (χ4v) is 2.88. The zero-order valence-corrected chi connectivity index (χ0v) is 12.0. The highest BCUT2D eigenvalue weighted by Gasteiger charge is 2.43. The van der Waals surface area contributed by atoms with Gasteiger partial charge in [0.2, 0.25) is 0 Å². The van der Waals surface area contributed by atoms with Crippen molar-refractivity contribution >= 4 is 23.5 Å². The molecule has 1 fully saturated rings. The lowest BCUT2D eigenvalue weighted by molar-refractivity contribution is -0.146. The Bertz CT molecular complexity index is 535. The first-order valence-corrected chi connectivity index (χ1v) is 6.98. The summed E-state index contributed by atoms with van der Waals surface area (Å²) >= 11 is 5.82. The summed E-state index contributed by atoms with van der Waals surface area (Å²) in [4.78, 5) is 27.7. The van der Waals surface area contributed by atoms with E-state index in [1.165, 1.54) is 12.3 Å². The minimum absolute atomic E-state index is 0.136. The number of nitrogens with zero attached hydrogens (tertiary/aromatic N) is 1. The van der Waals surface area contributed by atoms with Gasteiger partial charge in [-0.05, 0) is 30.9 Å². The summed E-state index contributed by atoms with van der Waals surface area (Å²) in [5.41, 5.74) is -1.06. The molecule has 1 aliphatic carbocycles. The van der Waals surface area contributed by atoms with E-state index in [4.69, 9.17) is 11.6 Å². The average molecular weight is 297 g/mol. The van der Waals surface area contributed by atoms with Crippen molar-refractivity contribution in [3.8, 4) is 0 Å². The number of carbonyl (C=O) groups excluding carboxylic acids is 1. The molecule has 1 aromatic heterocycles. The number of aliphatic carboxylic acids is 1. The van der Waals surface area contributed by atoms with Crippen LogP contribution in [-0.2, 0) is 4.79 Å². The molecule has 0 aromatic carbocycles. The number of halogens is 1. The highest BCUT2D eigenvalue weighted by Crippen LogP contribution is 2.32. The number of rotatable bonds is 3. The Morgan fingerprint density at radius 2 is 2.30 bits per heavy atom. The van der Waals surface area contributed by atoms with Crippen LogP contribution in [0, 0.1) is 5.92 Å². The number of carboxylic acid groups (broad SMARTS) is 1. The summed E-state index contributed by atoms with van der Waals surface area (Å²) in [6, 6.07) is 2.99. The monoisotopic (exact) mass is 296 g/mol. The van der Waals surface area contributed by atoms with Crippen LogP contribution in [0.1, 0.15) is 43.1 Å². The second-order valence-electron chi connectivity index (χ2n) is 5.40. The van der Waals surface area contributed by atoms with E-state index in [0.717, 1.165) is 12.8 Å². The Labute approximate surface area is 122 Å². The van der Waals surface area contributed by atoms with Gasteiger partial charge in [0.05, 0.1) is 0 Å². The molecular formula is C14H17ClN2O3. The number of pyridine rings is 1. The minimum Gasteiger partial charge on any atom is -0.480 e. The maximum atomic E-state index is 12.2. The van der Waals surface area contributed by atoms with E-state index in [2.05, 4.69) is 10.3 Å². The lowest BCUT2D eigenvalue weighted by Crippen LogP contribution is -2.56. The van der Waals surface area contributed by atoms with Crippen LogP contribution in [0.15, 0.2) is 18.3 Å². The van der Waals surface area contributed by atoms with Gasteiger partial charge in [-0.1, -0.05) is 31.4 Å². The van der Waals surface area contributed by atoms with Gasteiger partial charge in [-0.3, -0.25) is 9.78 Å². The number of carbonyl (C=O) groups is 2. The predicted octanol–water partition coefficient (Wildman–Crippen LogP) is 2.50. The van der Waals surface area contributed by atoms with Crippen LogP contribution in [0.4, 0.5) is 0 Å². The van der Waals surface area contributed by atoms with Crippen molar-refractivity contribution in [2.24, 2.45) is 5.92 Å². The van der Waals surface area contributed by atoms with Crippen molar-refractivity contribution in [3.05, 3.63) is 29.0 Å². The first-order valence-electron chi connectivity index (χ1n) is 6.60. The highest BCUT2D eigenvalue weighted by molar-refractivity contribution is 6.30. The third-order valence-electron chi connectivity index (χ3n) is 3.71. The van der Waals surface area contributed by atoms with Crippen molar-refractivity contribution < 1.29 is 14.7 Å². The lowest BCUT2D eigenvalue weighted by Gasteiger charge is -2.36. The van der Waals surface area contributed by atoms with E-state index in [0.29, 0.717) is 17.9 Å².